The number of hydrogen-bond acceptors (Lipinski definition) is 5. The molecule has 1 aromatic carbocycles. The monoisotopic (exact) mass is 359 g/mol. The lowest BCUT2D eigenvalue weighted by Gasteiger charge is -2.09. The van der Waals surface area contributed by atoms with E-state index in [2.05, 4.69) is 31.2 Å². The zero-order valence-electron chi connectivity index (χ0n) is 10.3. The van der Waals surface area contributed by atoms with E-state index in [0.717, 1.165) is 4.47 Å². The second-order valence-corrected chi connectivity index (χ2v) is 5.57. The van der Waals surface area contributed by atoms with Gasteiger partial charge in [-0.15, -0.1) is 0 Å². The van der Waals surface area contributed by atoms with E-state index in [1.54, 1.807) is 31.3 Å². The van der Waals surface area contributed by atoms with Crippen LogP contribution < -0.4 is 10.1 Å². The van der Waals surface area contributed by atoms with Crippen LogP contribution in [0, 0.1) is 0 Å². The maximum absolute atomic E-state index is 5.89. The lowest BCUT2D eigenvalue weighted by Crippen LogP contribution is -1.98. The Morgan fingerprint density at radius 3 is 2.74 bits per heavy atom. The Morgan fingerprint density at radius 2 is 2.11 bits per heavy atom. The Balaban J connectivity index is 2.31. The number of rotatable bonds is 4. The van der Waals surface area contributed by atoms with Gasteiger partial charge in [0, 0.05) is 18.1 Å². The minimum absolute atomic E-state index is 0.478. The van der Waals surface area contributed by atoms with Crippen molar-refractivity contribution >= 4 is 45.1 Å². The molecule has 0 unspecified atom stereocenters. The summed E-state index contributed by atoms with van der Waals surface area (Å²) >= 11 is 10.7. The minimum Gasteiger partial charge on any atom is -0.438 e. The van der Waals surface area contributed by atoms with Crippen molar-refractivity contribution in [2.24, 2.45) is 0 Å². The van der Waals surface area contributed by atoms with Crippen molar-refractivity contribution in [1.82, 2.24) is 9.97 Å². The van der Waals surface area contributed by atoms with E-state index in [4.69, 9.17) is 16.3 Å². The van der Waals surface area contributed by atoms with Crippen LogP contribution in [0.2, 0.25) is 5.02 Å². The fourth-order valence-electron chi connectivity index (χ4n) is 1.35. The third-order valence-corrected chi connectivity index (χ3v) is 3.63. The molecule has 4 nitrogen and oxygen atoms in total. The third kappa shape index (κ3) is 3.75. The van der Waals surface area contributed by atoms with Crippen LogP contribution in [0.3, 0.4) is 0 Å². The van der Waals surface area contributed by atoms with Crippen LogP contribution in [0.4, 0.5) is 5.82 Å². The van der Waals surface area contributed by atoms with Gasteiger partial charge in [0.2, 0.25) is 5.88 Å². The number of thioether (sulfide) groups is 1. The highest BCUT2D eigenvalue weighted by molar-refractivity contribution is 9.10. The molecule has 1 aromatic heterocycles. The molecule has 0 aliphatic carbocycles. The van der Waals surface area contributed by atoms with Gasteiger partial charge >= 0.3 is 0 Å². The molecule has 7 heteroatoms. The van der Waals surface area contributed by atoms with Gasteiger partial charge in [0.25, 0.3) is 0 Å². The molecule has 0 saturated heterocycles. The first-order valence-corrected chi connectivity index (χ1v) is 7.75. The number of benzene rings is 1. The summed E-state index contributed by atoms with van der Waals surface area (Å²) in [5, 5.41) is 4.26. The van der Waals surface area contributed by atoms with Gasteiger partial charge in [-0.25, -0.2) is 4.98 Å². The maximum Gasteiger partial charge on any atom is 0.225 e. The standard InChI is InChI=1S/C12H11BrClN3OS/c1-15-10-6-11(17-12(16-10)19-2)18-9-4-3-7(14)5-8(9)13/h3-6H,1-2H3,(H,15,16,17). The Bertz CT molecular complexity index is 575. The van der Waals surface area contributed by atoms with Crippen molar-refractivity contribution in [3.63, 3.8) is 0 Å². The Labute approximate surface area is 129 Å². The molecule has 0 atom stereocenters. The summed E-state index contributed by atoms with van der Waals surface area (Å²) in [5.74, 6) is 1.84. The number of halogens is 2. The highest BCUT2D eigenvalue weighted by Crippen LogP contribution is 2.32. The summed E-state index contributed by atoms with van der Waals surface area (Å²) in [5.41, 5.74) is 0. The second-order valence-electron chi connectivity index (χ2n) is 3.50. The molecular formula is C12H11BrClN3OS. The second kappa shape index (κ2) is 6.45. The van der Waals surface area contributed by atoms with Crippen molar-refractivity contribution in [2.45, 2.75) is 5.16 Å². The minimum atomic E-state index is 0.478. The fraction of sp³-hybridized carbons (Fsp3) is 0.167. The normalized spacial score (nSPS) is 10.3. The first kappa shape index (κ1) is 14.4. The number of anilines is 1. The summed E-state index contributed by atoms with van der Waals surface area (Å²) < 4.78 is 6.51. The Kier molecular flexibility index (Phi) is 4.90. The van der Waals surface area contributed by atoms with E-state index in [0.29, 0.717) is 27.6 Å². The number of nitrogens with one attached hydrogen (secondary N) is 1. The Morgan fingerprint density at radius 1 is 1.32 bits per heavy atom. The summed E-state index contributed by atoms with van der Waals surface area (Å²) in [6.45, 7) is 0. The quantitative estimate of drug-likeness (QED) is 0.645. The van der Waals surface area contributed by atoms with Crippen LogP contribution in [-0.4, -0.2) is 23.3 Å². The summed E-state index contributed by atoms with van der Waals surface area (Å²) in [4.78, 5) is 8.57. The molecular weight excluding hydrogens is 350 g/mol. The SMILES string of the molecule is CNc1cc(Oc2ccc(Cl)cc2Br)nc(SC)n1. The number of nitrogens with zero attached hydrogens (tertiary/aromatic N) is 2. The molecule has 0 spiro atoms. The van der Waals surface area contributed by atoms with Gasteiger partial charge in [-0.3, -0.25) is 0 Å². The molecule has 0 aliphatic heterocycles. The van der Waals surface area contributed by atoms with Crippen LogP contribution >= 0.6 is 39.3 Å². The molecule has 19 heavy (non-hydrogen) atoms. The smallest absolute Gasteiger partial charge is 0.225 e. The summed E-state index contributed by atoms with van der Waals surface area (Å²) in [6.07, 6.45) is 1.91. The van der Waals surface area contributed by atoms with Crippen LogP contribution in [-0.2, 0) is 0 Å². The zero-order valence-corrected chi connectivity index (χ0v) is 13.4. The molecule has 100 valence electrons. The molecule has 2 rings (SSSR count). The molecule has 0 aliphatic rings. The topological polar surface area (TPSA) is 47.0 Å². The van der Waals surface area contributed by atoms with Crippen molar-refractivity contribution in [3.05, 3.63) is 33.8 Å². The van der Waals surface area contributed by atoms with Crippen LogP contribution in [0.15, 0.2) is 33.9 Å². The van der Waals surface area contributed by atoms with Crippen LogP contribution in [0.25, 0.3) is 0 Å². The van der Waals surface area contributed by atoms with Gasteiger partial charge in [0.1, 0.15) is 11.6 Å². The highest BCUT2D eigenvalue weighted by atomic mass is 79.9. The number of aromatic nitrogens is 2. The van der Waals surface area contributed by atoms with Gasteiger partial charge in [0.05, 0.1) is 4.47 Å². The fourth-order valence-corrected chi connectivity index (χ4v) is 2.48. The van der Waals surface area contributed by atoms with Crippen molar-refractivity contribution in [3.8, 4) is 11.6 Å². The van der Waals surface area contributed by atoms with Gasteiger partial charge in [-0.1, -0.05) is 23.4 Å². The first-order chi connectivity index (χ1) is 9.12. The van der Waals surface area contributed by atoms with Crippen LogP contribution in [0.5, 0.6) is 11.6 Å². The van der Waals surface area contributed by atoms with E-state index in [1.807, 2.05) is 6.26 Å². The van der Waals surface area contributed by atoms with E-state index < -0.39 is 0 Å². The molecule has 1 heterocycles. The lowest BCUT2D eigenvalue weighted by atomic mass is 10.3. The summed E-state index contributed by atoms with van der Waals surface area (Å²) in [7, 11) is 1.80. The number of hydrogen-bond donors (Lipinski definition) is 1. The third-order valence-electron chi connectivity index (χ3n) is 2.23. The van der Waals surface area contributed by atoms with Crippen molar-refractivity contribution in [2.75, 3.05) is 18.6 Å². The largest absolute Gasteiger partial charge is 0.438 e. The molecule has 1 N–H and O–H groups in total. The Hall–Kier alpha value is -0.980. The van der Waals surface area contributed by atoms with Crippen molar-refractivity contribution < 1.29 is 4.74 Å². The molecule has 2 aromatic rings. The van der Waals surface area contributed by atoms with Crippen LogP contribution in [0.1, 0.15) is 0 Å². The molecule has 0 saturated carbocycles. The van der Waals surface area contributed by atoms with E-state index in [1.165, 1.54) is 11.8 Å². The van der Waals surface area contributed by atoms with Gasteiger partial charge in [-0.05, 0) is 40.4 Å². The van der Waals surface area contributed by atoms with E-state index in [-0.39, 0.29) is 0 Å². The van der Waals surface area contributed by atoms with Gasteiger partial charge in [-0.2, -0.15) is 4.98 Å². The zero-order chi connectivity index (χ0) is 13.8. The van der Waals surface area contributed by atoms with E-state index in [9.17, 15) is 0 Å². The van der Waals surface area contributed by atoms with Gasteiger partial charge < -0.3 is 10.1 Å². The van der Waals surface area contributed by atoms with Crippen molar-refractivity contribution in [1.29, 1.82) is 0 Å². The average molecular weight is 361 g/mol. The van der Waals surface area contributed by atoms with E-state index >= 15 is 0 Å². The average Bonchev–Trinajstić information content (AvgIpc) is 2.41. The molecule has 0 fully saturated rings. The maximum atomic E-state index is 5.89. The highest BCUT2D eigenvalue weighted by Gasteiger charge is 2.08. The molecule has 0 radical (unpaired) electrons. The number of ether oxygens (including phenoxy) is 1. The predicted octanol–water partition coefficient (Wildman–Crippen LogP) is 4.45. The predicted molar refractivity (Wildman–Crippen MR) is 82.6 cm³/mol. The first-order valence-electron chi connectivity index (χ1n) is 5.36. The van der Waals surface area contributed by atoms with Gasteiger partial charge in [0.15, 0.2) is 5.16 Å². The lowest BCUT2D eigenvalue weighted by molar-refractivity contribution is 0.453. The molecule has 0 bridgehead atoms. The molecule has 0 amide bonds. The summed E-state index contributed by atoms with van der Waals surface area (Å²) in [6, 6.07) is 7.05.